The van der Waals surface area contributed by atoms with E-state index in [1.54, 1.807) is 13.1 Å². The third-order valence-electron chi connectivity index (χ3n) is 4.10. The summed E-state index contributed by atoms with van der Waals surface area (Å²) in [5, 5.41) is 0. The summed E-state index contributed by atoms with van der Waals surface area (Å²) in [7, 11) is 1.60. The van der Waals surface area contributed by atoms with Crippen LogP contribution >= 0.6 is 22.9 Å². The number of ether oxygens (including phenoxy) is 1. The van der Waals surface area contributed by atoms with Crippen LogP contribution in [-0.4, -0.2) is 35.4 Å². The van der Waals surface area contributed by atoms with Crippen LogP contribution in [0, 0.1) is 11.6 Å². The van der Waals surface area contributed by atoms with Crippen molar-refractivity contribution in [1.29, 1.82) is 0 Å². The van der Waals surface area contributed by atoms with Crippen molar-refractivity contribution in [3.63, 3.8) is 0 Å². The first-order valence-corrected chi connectivity index (χ1v) is 10.0. The van der Waals surface area contributed by atoms with E-state index in [2.05, 4.69) is 4.98 Å². The number of likely N-dealkylation sites (N-methyl/N-ethyl adjacent to an activating group) is 1. The van der Waals surface area contributed by atoms with E-state index in [9.17, 15) is 18.4 Å². The standard InChI is InChI=1S/C20H17ClF2N2O4S/c1-25(10-13-3-5-17(21)30-13)19(26)11-28-20(27)7-6-18-24-9-16(29-18)14-4-2-12(22)8-15(14)23/h2-5,8-9H,6-7,10-11H2,1H3. The molecule has 0 unspecified atom stereocenters. The molecular weight excluding hydrogens is 438 g/mol. The van der Waals surface area contributed by atoms with Crippen LogP contribution in [0.25, 0.3) is 11.3 Å². The Morgan fingerprint density at radius 1 is 1.27 bits per heavy atom. The van der Waals surface area contributed by atoms with Gasteiger partial charge in [-0.25, -0.2) is 13.8 Å². The van der Waals surface area contributed by atoms with Crippen molar-refractivity contribution in [2.75, 3.05) is 13.7 Å². The molecule has 0 fully saturated rings. The van der Waals surface area contributed by atoms with Gasteiger partial charge in [-0.3, -0.25) is 9.59 Å². The molecule has 158 valence electrons. The number of hydrogen-bond donors (Lipinski definition) is 0. The van der Waals surface area contributed by atoms with Gasteiger partial charge in [0.05, 0.1) is 29.1 Å². The summed E-state index contributed by atoms with van der Waals surface area (Å²) < 4.78 is 37.8. The predicted octanol–water partition coefficient (Wildman–Crippen LogP) is 4.47. The van der Waals surface area contributed by atoms with Crippen LogP contribution in [-0.2, 0) is 27.3 Å². The summed E-state index contributed by atoms with van der Waals surface area (Å²) in [6.07, 6.45) is 1.34. The summed E-state index contributed by atoms with van der Waals surface area (Å²) in [6, 6.07) is 6.67. The normalized spacial score (nSPS) is 10.8. The molecule has 30 heavy (non-hydrogen) atoms. The van der Waals surface area contributed by atoms with Gasteiger partial charge in [0.25, 0.3) is 5.91 Å². The Bertz CT molecular complexity index is 1050. The molecule has 2 aromatic heterocycles. The number of benzene rings is 1. The average molecular weight is 455 g/mol. The molecule has 0 atom stereocenters. The molecule has 6 nitrogen and oxygen atoms in total. The van der Waals surface area contributed by atoms with E-state index in [-0.39, 0.29) is 42.6 Å². The minimum absolute atomic E-state index is 0.0661. The Labute approximate surface area is 180 Å². The highest BCUT2D eigenvalue weighted by atomic mass is 35.5. The molecule has 2 heterocycles. The Balaban J connectivity index is 1.44. The Morgan fingerprint density at radius 2 is 2.07 bits per heavy atom. The molecule has 0 spiro atoms. The van der Waals surface area contributed by atoms with Gasteiger partial charge in [-0.2, -0.15) is 0 Å². The lowest BCUT2D eigenvalue weighted by Crippen LogP contribution is -2.30. The van der Waals surface area contributed by atoms with Crippen LogP contribution in [0.3, 0.4) is 0 Å². The predicted molar refractivity (Wildman–Crippen MR) is 107 cm³/mol. The van der Waals surface area contributed by atoms with Crippen molar-refractivity contribution < 1.29 is 27.5 Å². The fourth-order valence-electron chi connectivity index (χ4n) is 2.53. The highest BCUT2D eigenvalue weighted by Gasteiger charge is 2.16. The fraction of sp³-hybridized carbons (Fsp3) is 0.250. The van der Waals surface area contributed by atoms with E-state index in [1.165, 1.54) is 28.5 Å². The van der Waals surface area contributed by atoms with Crippen molar-refractivity contribution in [3.8, 4) is 11.3 Å². The molecule has 0 aliphatic carbocycles. The summed E-state index contributed by atoms with van der Waals surface area (Å²) >= 11 is 7.23. The van der Waals surface area contributed by atoms with Gasteiger partial charge in [-0.15, -0.1) is 11.3 Å². The Hall–Kier alpha value is -2.78. The first kappa shape index (κ1) is 21.9. The number of carbonyl (C=O) groups is 2. The summed E-state index contributed by atoms with van der Waals surface area (Å²) in [4.78, 5) is 30.3. The molecule has 0 aliphatic heterocycles. The lowest BCUT2D eigenvalue weighted by Gasteiger charge is -2.16. The minimum atomic E-state index is -0.774. The van der Waals surface area contributed by atoms with Gasteiger partial charge in [-0.05, 0) is 24.3 Å². The molecule has 0 N–H and O–H groups in total. The summed E-state index contributed by atoms with van der Waals surface area (Å²) in [5.74, 6) is -2.09. The highest BCUT2D eigenvalue weighted by Crippen LogP contribution is 2.25. The summed E-state index contributed by atoms with van der Waals surface area (Å²) in [5.41, 5.74) is 0.0680. The first-order valence-electron chi connectivity index (χ1n) is 8.85. The molecule has 10 heteroatoms. The van der Waals surface area contributed by atoms with E-state index in [1.807, 2.05) is 6.07 Å². The maximum Gasteiger partial charge on any atom is 0.306 e. The number of halogens is 3. The number of nitrogens with zero attached hydrogens (tertiary/aromatic N) is 2. The lowest BCUT2D eigenvalue weighted by atomic mass is 10.2. The Morgan fingerprint density at radius 3 is 2.77 bits per heavy atom. The van der Waals surface area contributed by atoms with Gasteiger partial charge in [-0.1, -0.05) is 11.6 Å². The van der Waals surface area contributed by atoms with E-state index < -0.39 is 17.6 Å². The molecule has 0 bridgehead atoms. The van der Waals surface area contributed by atoms with E-state index in [0.29, 0.717) is 10.9 Å². The number of oxazole rings is 1. The largest absolute Gasteiger partial charge is 0.456 e. The zero-order valence-electron chi connectivity index (χ0n) is 15.9. The molecule has 1 aromatic carbocycles. The number of carbonyl (C=O) groups excluding carboxylic acids is 2. The van der Waals surface area contributed by atoms with Gasteiger partial charge in [0, 0.05) is 24.4 Å². The van der Waals surface area contributed by atoms with Gasteiger partial charge in [0.1, 0.15) is 11.6 Å². The van der Waals surface area contributed by atoms with Crippen molar-refractivity contribution in [1.82, 2.24) is 9.88 Å². The zero-order valence-corrected chi connectivity index (χ0v) is 17.4. The SMILES string of the molecule is CN(Cc1ccc(Cl)s1)C(=O)COC(=O)CCc1ncc(-c2ccc(F)cc2F)o1. The number of thiophene rings is 1. The zero-order chi connectivity index (χ0) is 21.7. The first-order chi connectivity index (χ1) is 14.3. The molecule has 0 saturated carbocycles. The van der Waals surface area contributed by atoms with Crippen LogP contribution < -0.4 is 0 Å². The number of hydrogen-bond acceptors (Lipinski definition) is 6. The van der Waals surface area contributed by atoms with E-state index in [0.717, 1.165) is 17.0 Å². The number of rotatable bonds is 8. The number of esters is 1. The van der Waals surface area contributed by atoms with Crippen LogP contribution in [0.4, 0.5) is 8.78 Å². The average Bonchev–Trinajstić information content (AvgIpc) is 3.33. The van der Waals surface area contributed by atoms with Gasteiger partial charge >= 0.3 is 5.97 Å². The molecule has 3 aromatic rings. The van der Waals surface area contributed by atoms with Crippen LogP contribution in [0.5, 0.6) is 0 Å². The molecule has 0 radical (unpaired) electrons. The molecule has 0 aliphatic rings. The second-order valence-electron chi connectivity index (χ2n) is 6.36. The highest BCUT2D eigenvalue weighted by molar-refractivity contribution is 7.16. The number of aromatic nitrogens is 1. The molecule has 3 rings (SSSR count). The minimum Gasteiger partial charge on any atom is -0.456 e. The van der Waals surface area contributed by atoms with Crippen molar-refractivity contribution in [3.05, 3.63) is 63.3 Å². The smallest absolute Gasteiger partial charge is 0.306 e. The summed E-state index contributed by atoms with van der Waals surface area (Å²) in [6.45, 7) is -0.0150. The van der Waals surface area contributed by atoms with Crippen molar-refractivity contribution >= 4 is 34.8 Å². The van der Waals surface area contributed by atoms with Crippen LogP contribution in [0.15, 0.2) is 40.9 Å². The molecule has 1 amide bonds. The number of amides is 1. The van der Waals surface area contributed by atoms with Gasteiger partial charge in [0.15, 0.2) is 18.3 Å². The third kappa shape index (κ3) is 5.87. The second-order valence-corrected chi connectivity index (χ2v) is 8.16. The van der Waals surface area contributed by atoms with Crippen LogP contribution in [0.1, 0.15) is 17.2 Å². The third-order valence-corrected chi connectivity index (χ3v) is 5.31. The Kier molecular flexibility index (Phi) is 7.17. The van der Waals surface area contributed by atoms with Crippen LogP contribution in [0.2, 0.25) is 4.34 Å². The van der Waals surface area contributed by atoms with Gasteiger partial charge in [0.2, 0.25) is 0 Å². The maximum atomic E-state index is 13.8. The second kappa shape index (κ2) is 9.82. The molecule has 0 saturated heterocycles. The quantitative estimate of drug-likeness (QED) is 0.469. The van der Waals surface area contributed by atoms with E-state index >= 15 is 0 Å². The van der Waals surface area contributed by atoms with Crippen molar-refractivity contribution in [2.24, 2.45) is 0 Å². The lowest BCUT2D eigenvalue weighted by molar-refractivity contribution is -0.151. The van der Waals surface area contributed by atoms with Gasteiger partial charge < -0.3 is 14.1 Å². The monoisotopic (exact) mass is 454 g/mol. The fourth-order valence-corrected chi connectivity index (χ4v) is 3.67. The molecular formula is C20H17ClF2N2O4S. The van der Waals surface area contributed by atoms with E-state index in [4.69, 9.17) is 20.8 Å². The number of aryl methyl sites for hydroxylation is 1. The topological polar surface area (TPSA) is 72.6 Å². The van der Waals surface area contributed by atoms with Crippen molar-refractivity contribution in [2.45, 2.75) is 19.4 Å². The maximum absolute atomic E-state index is 13.8.